The summed E-state index contributed by atoms with van der Waals surface area (Å²) in [5.74, 6) is 0.0326. The Morgan fingerprint density at radius 3 is 1.85 bits per heavy atom. The Hall–Kier alpha value is -1.26. The van der Waals surface area contributed by atoms with E-state index in [1.54, 1.807) is 0 Å². The molecule has 3 N–H and O–H groups in total. The van der Waals surface area contributed by atoms with Gasteiger partial charge < -0.3 is 15.8 Å². The Morgan fingerprint density at radius 1 is 1.10 bits per heavy atom. The summed E-state index contributed by atoms with van der Waals surface area (Å²) >= 11 is 0. The molecule has 0 heterocycles. The molecule has 20 heavy (non-hydrogen) atoms. The Balaban J connectivity index is 5.23. The molecule has 0 aromatic heterocycles. The number of oxime groups is 1. The molecule has 0 aromatic carbocycles. The third-order valence-corrected chi connectivity index (χ3v) is 4.06. The first-order valence-electron chi connectivity index (χ1n) is 7.81. The van der Waals surface area contributed by atoms with E-state index in [1.807, 2.05) is 18.7 Å². The van der Waals surface area contributed by atoms with Gasteiger partial charge in [0.2, 0.25) is 5.91 Å². The van der Waals surface area contributed by atoms with Crippen molar-refractivity contribution in [3.63, 3.8) is 0 Å². The molecule has 0 aromatic rings. The lowest BCUT2D eigenvalue weighted by Crippen LogP contribution is -2.51. The maximum Gasteiger partial charge on any atom is 0.236 e. The first kappa shape index (κ1) is 18.7. The molecule has 118 valence electrons. The van der Waals surface area contributed by atoms with E-state index in [0.717, 1.165) is 38.8 Å². The van der Waals surface area contributed by atoms with Gasteiger partial charge in [0.05, 0.1) is 0 Å². The molecule has 0 radical (unpaired) electrons. The van der Waals surface area contributed by atoms with Crippen LogP contribution >= 0.6 is 0 Å². The molecule has 0 rings (SSSR count). The summed E-state index contributed by atoms with van der Waals surface area (Å²) in [7, 11) is 0. The molecule has 0 saturated carbocycles. The van der Waals surface area contributed by atoms with Gasteiger partial charge in [-0.05, 0) is 25.7 Å². The number of hydrogen-bond donors (Lipinski definition) is 2. The van der Waals surface area contributed by atoms with E-state index in [1.165, 1.54) is 0 Å². The average molecular weight is 285 g/mol. The first-order valence-corrected chi connectivity index (χ1v) is 7.81. The second-order valence-corrected chi connectivity index (χ2v) is 5.27. The molecule has 0 saturated heterocycles. The molecule has 0 aliphatic carbocycles. The smallest absolute Gasteiger partial charge is 0.236 e. The standard InChI is InChI=1S/C15H31N3O2/c1-5-9-11-18(12-10-6-2)14(19)15(7-3,8-4)13(16)17-20/h20H,5-12H2,1-4H3,(H2,16,17). The minimum Gasteiger partial charge on any atom is -0.409 e. The zero-order valence-corrected chi connectivity index (χ0v) is 13.5. The number of rotatable bonds is 10. The maximum atomic E-state index is 12.9. The fourth-order valence-electron chi connectivity index (χ4n) is 2.44. The van der Waals surface area contributed by atoms with Gasteiger partial charge in [-0.3, -0.25) is 4.79 Å². The molecule has 0 fully saturated rings. The van der Waals surface area contributed by atoms with Crippen LogP contribution in [-0.2, 0) is 4.79 Å². The van der Waals surface area contributed by atoms with Gasteiger partial charge >= 0.3 is 0 Å². The zero-order chi connectivity index (χ0) is 15.6. The number of carbonyl (C=O) groups is 1. The van der Waals surface area contributed by atoms with Crippen LogP contribution in [0.5, 0.6) is 0 Å². The summed E-state index contributed by atoms with van der Waals surface area (Å²) < 4.78 is 0. The number of carbonyl (C=O) groups excluding carboxylic acids is 1. The van der Waals surface area contributed by atoms with Gasteiger partial charge in [-0.15, -0.1) is 0 Å². The van der Waals surface area contributed by atoms with Crippen LogP contribution in [0.15, 0.2) is 5.16 Å². The number of amidine groups is 1. The van der Waals surface area contributed by atoms with Gasteiger partial charge in [-0.1, -0.05) is 45.7 Å². The molecular weight excluding hydrogens is 254 g/mol. The quantitative estimate of drug-likeness (QED) is 0.280. The summed E-state index contributed by atoms with van der Waals surface area (Å²) in [5.41, 5.74) is 4.96. The van der Waals surface area contributed by atoms with Crippen molar-refractivity contribution in [2.24, 2.45) is 16.3 Å². The lowest BCUT2D eigenvalue weighted by Gasteiger charge is -2.35. The van der Waals surface area contributed by atoms with Crippen molar-refractivity contribution in [3.05, 3.63) is 0 Å². The Kier molecular flexibility index (Phi) is 9.01. The SMILES string of the molecule is CCCCN(CCCC)C(=O)C(CC)(CC)C(N)=NO. The fourth-order valence-corrected chi connectivity index (χ4v) is 2.44. The normalized spacial score (nSPS) is 12.5. The fraction of sp³-hybridized carbons (Fsp3) is 0.867. The van der Waals surface area contributed by atoms with E-state index in [2.05, 4.69) is 19.0 Å². The van der Waals surface area contributed by atoms with Gasteiger partial charge in [0.1, 0.15) is 5.41 Å². The minimum absolute atomic E-state index is 0.000278. The van der Waals surface area contributed by atoms with Gasteiger partial charge in [0, 0.05) is 13.1 Å². The predicted molar refractivity (Wildman–Crippen MR) is 82.8 cm³/mol. The van der Waals surface area contributed by atoms with Crippen molar-refractivity contribution in [2.45, 2.75) is 66.2 Å². The van der Waals surface area contributed by atoms with E-state index in [0.29, 0.717) is 12.8 Å². The zero-order valence-electron chi connectivity index (χ0n) is 13.5. The van der Waals surface area contributed by atoms with Crippen LogP contribution in [0.25, 0.3) is 0 Å². The molecule has 0 aliphatic rings. The van der Waals surface area contributed by atoms with Crippen molar-refractivity contribution in [1.82, 2.24) is 4.90 Å². The molecular formula is C15H31N3O2. The molecule has 0 bridgehead atoms. The van der Waals surface area contributed by atoms with Crippen molar-refractivity contribution in [2.75, 3.05) is 13.1 Å². The summed E-state index contributed by atoms with van der Waals surface area (Å²) in [6, 6.07) is 0. The number of amides is 1. The third kappa shape index (κ3) is 4.39. The van der Waals surface area contributed by atoms with Crippen LogP contribution in [0.3, 0.4) is 0 Å². The highest BCUT2D eigenvalue weighted by atomic mass is 16.4. The molecule has 0 spiro atoms. The van der Waals surface area contributed by atoms with Crippen LogP contribution in [0.2, 0.25) is 0 Å². The lowest BCUT2D eigenvalue weighted by molar-refractivity contribution is -0.139. The highest BCUT2D eigenvalue weighted by Crippen LogP contribution is 2.30. The van der Waals surface area contributed by atoms with Crippen LogP contribution in [-0.4, -0.2) is 34.9 Å². The van der Waals surface area contributed by atoms with Crippen molar-refractivity contribution in [1.29, 1.82) is 0 Å². The lowest BCUT2D eigenvalue weighted by atomic mass is 9.79. The summed E-state index contributed by atoms with van der Waals surface area (Å²) in [5, 5.41) is 12.1. The van der Waals surface area contributed by atoms with Crippen LogP contribution in [0.4, 0.5) is 0 Å². The van der Waals surface area contributed by atoms with E-state index in [4.69, 9.17) is 10.9 Å². The number of nitrogens with two attached hydrogens (primary N) is 1. The van der Waals surface area contributed by atoms with Crippen LogP contribution in [0, 0.1) is 5.41 Å². The van der Waals surface area contributed by atoms with Crippen molar-refractivity contribution >= 4 is 11.7 Å². The number of hydrogen-bond acceptors (Lipinski definition) is 3. The van der Waals surface area contributed by atoms with Gasteiger partial charge in [0.15, 0.2) is 5.84 Å². The summed E-state index contributed by atoms with van der Waals surface area (Å²) in [6.45, 7) is 9.54. The first-order chi connectivity index (χ1) is 9.53. The van der Waals surface area contributed by atoms with E-state index < -0.39 is 5.41 Å². The maximum absolute atomic E-state index is 12.9. The highest BCUT2D eigenvalue weighted by Gasteiger charge is 2.42. The Bertz CT molecular complexity index is 304. The highest BCUT2D eigenvalue weighted by molar-refractivity contribution is 6.06. The molecule has 1 amide bonds. The number of nitrogens with zero attached hydrogens (tertiary/aromatic N) is 2. The van der Waals surface area contributed by atoms with Gasteiger partial charge in [-0.25, -0.2) is 0 Å². The molecule has 5 heteroatoms. The van der Waals surface area contributed by atoms with Crippen molar-refractivity contribution < 1.29 is 10.0 Å². The molecule has 0 unspecified atom stereocenters. The second-order valence-electron chi connectivity index (χ2n) is 5.27. The monoisotopic (exact) mass is 285 g/mol. The molecule has 5 nitrogen and oxygen atoms in total. The second kappa shape index (κ2) is 9.61. The topological polar surface area (TPSA) is 78.9 Å². The average Bonchev–Trinajstić information content (AvgIpc) is 2.48. The summed E-state index contributed by atoms with van der Waals surface area (Å²) in [4.78, 5) is 14.8. The van der Waals surface area contributed by atoms with E-state index in [-0.39, 0.29) is 11.7 Å². The van der Waals surface area contributed by atoms with E-state index >= 15 is 0 Å². The molecule has 0 aliphatic heterocycles. The summed E-state index contributed by atoms with van der Waals surface area (Å²) in [6.07, 6.45) is 5.15. The predicted octanol–water partition coefficient (Wildman–Crippen LogP) is 2.97. The van der Waals surface area contributed by atoms with Crippen molar-refractivity contribution in [3.8, 4) is 0 Å². The number of unbranched alkanes of at least 4 members (excludes halogenated alkanes) is 2. The van der Waals surface area contributed by atoms with Gasteiger partial charge in [0.25, 0.3) is 0 Å². The Morgan fingerprint density at radius 2 is 1.55 bits per heavy atom. The van der Waals surface area contributed by atoms with Crippen LogP contribution in [0.1, 0.15) is 66.2 Å². The van der Waals surface area contributed by atoms with Crippen LogP contribution < -0.4 is 5.73 Å². The van der Waals surface area contributed by atoms with Gasteiger partial charge in [-0.2, -0.15) is 0 Å². The molecule has 0 atom stereocenters. The van der Waals surface area contributed by atoms with E-state index in [9.17, 15) is 4.79 Å². The third-order valence-electron chi connectivity index (χ3n) is 4.06. The minimum atomic E-state index is -0.865. The Labute approximate surface area is 123 Å². The largest absolute Gasteiger partial charge is 0.409 e.